The van der Waals surface area contributed by atoms with Crippen LogP contribution in [0, 0.1) is 0 Å². The molecule has 0 atom stereocenters. The number of hydrogen-bond acceptors (Lipinski definition) is 13. The average molecular weight is 899 g/mol. The van der Waals surface area contributed by atoms with Crippen LogP contribution in [0.15, 0.2) is 130 Å². The second-order valence-electron chi connectivity index (χ2n) is 16.2. The van der Waals surface area contributed by atoms with E-state index in [0.717, 1.165) is 28.0 Å². The predicted octanol–water partition coefficient (Wildman–Crippen LogP) is 5.42. The summed E-state index contributed by atoms with van der Waals surface area (Å²) in [6.45, 7) is 4.67. The van der Waals surface area contributed by atoms with Gasteiger partial charge in [-0.2, -0.15) is 4.57 Å². The van der Waals surface area contributed by atoms with E-state index < -0.39 is 51.1 Å². The molecule has 1 aromatic heterocycles. The van der Waals surface area contributed by atoms with Gasteiger partial charge >= 0.3 is 17.8 Å². The molecule has 0 bridgehead atoms. The number of allylic oxidation sites excluding steroid dienone is 5. The number of carbonyl (C=O) groups excluding carboxylic acids is 6. The Morgan fingerprint density at radius 2 is 1.26 bits per heavy atom. The van der Waals surface area contributed by atoms with E-state index >= 15 is 0 Å². The fourth-order valence-corrected chi connectivity index (χ4v) is 8.47. The molecular formula is C48H42N4O12S. The quantitative estimate of drug-likeness (QED) is 0.0592. The molecule has 17 heteroatoms. The Morgan fingerprint density at radius 1 is 0.723 bits per heavy atom. The van der Waals surface area contributed by atoms with Gasteiger partial charge in [0.2, 0.25) is 5.58 Å². The molecule has 0 saturated carbocycles. The molecule has 4 aromatic carbocycles. The fourth-order valence-electron chi connectivity index (χ4n) is 7.98. The average Bonchev–Trinajstić information content (AvgIpc) is 3.95. The highest BCUT2D eigenvalue weighted by Gasteiger charge is 2.40. The molecule has 4 amide bonds. The molecule has 4 heterocycles. The van der Waals surface area contributed by atoms with Crippen molar-refractivity contribution in [2.24, 2.45) is 0 Å². The molecule has 3 aliphatic rings. The number of rotatable bonds is 14. The van der Waals surface area contributed by atoms with Gasteiger partial charge in [0.1, 0.15) is 10.1 Å². The normalized spacial score (nSPS) is 16.8. The zero-order valence-electron chi connectivity index (χ0n) is 35.3. The number of fused-ring (bicyclic) bond motifs is 2. The molecule has 2 saturated heterocycles. The van der Waals surface area contributed by atoms with Crippen molar-refractivity contribution in [3.05, 3.63) is 155 Å². The Balaban J connectivity index is 0.992. The third-order valence-electron chi connectivity index (χ3n) is 11.3. The fraction of sp³-hybridized carbons (Fsp3) is 0.229. The zero-order valence-corrected chi connectivity index (χ0v) is 36.1. The summed E-state index contributed by atoms with van der Waals surface area (Å²) < 4.78 is 44.5. The Bertz CT molecular complexity index is 2940. The highest BCUT2D eigenvalue weighted by molar-refractivity contribution is 7.85. The molecule has 8 rings (SSSR count). The van der Waals surface area contributed by atoms with Gasteiger partial charge in [-0.15, -0.1) is 10.1 Å². The largest absolute Gasteiger partial charge is 0.744 e. The van der Waals surface area contributed by atoms with E-state index in [1.807, 2.05) is 102 Å². The number of aromatic nitrogens is 1. The maximum Gasteiger partial charge on any atom is 0.374 e. The first-order valence-electron chi connectivity index (χ1n) is 20.7. The zero-order chi connectivity index (χ0) is 46.0. The lowest BCUT2D eigenvalue weighted by molar-refractivity contribution is -0.669. The number of benzene rings is 4. The summed E-state index contributed by atoms with van der Waals surface area (Å²) >= 11 is 0. The Hall–Kier alpha value is -7.50. The van der Waals surface area contributed by atoms with E-state index in [1.54, 1.807) is 30.3 Å². The monoisotopic (exact) mass is 898 g/mol. The van der Waals surface area contributed by atoms with Gasteiger partial charge < -0.3 is 23.5 Å². The third kappa shape index (κ3) is 9.56. The molecule has 5 aromatic rings. The predicted molar refractivity (Wildman–Crippen MR) is 230 cm³/mol. The summed E-state index contributed by atoms with van der Waals surface area (Å²) in [5, 5.41) is 1.05. The minimum atomic E-state index is -4.73. The van der Waals surface area contributed by atoms with Crippen LogP contribution in [0.5, 0.6) is 0 Å². The highest BCUT2D eigenvalue weighted by Crippen LogP contribution is 2.49. The van der Waals surface area contributed by atoms with Crippen LogP contribution >= 0.6 is 0 Å². The van der Waals surface area contributed by atoms with Crippen LogP contribution < -0.4 is 9.47 Å². The van der Waals surface area contributed by atoms with Crippen LogP contribution in [-0.2, 0) is 79.9 Å². The molecular weight excluding hydrogens is 857 g/mol. The molecule has 0 N–H and O–H groups in total. The highest BCUT2D eigenvalue weighted by atomic mass is 32.2. The van der Waals surface area contributed by atoms with Crippen molar-refractivity contribution in [3.8, 4) is 0 Å². The molecule has 0 unspecified atom stereocenters. The molecule has 2 fully saturated rings. The minimum absolute atomic E-state index is 0.00197. The molecule has 3 aliphatic heterocycles. The molecule has 16 nitrogen and oxygen atoms in total. The van der Waals surface area contributed by atoms with Crippen LogP contribution in [-0.4, -0.2) is 58.7 Å². The van der Waals surface area contributed by atoms with Gasteiger partial charge in [-0.05, 0) is 52.6 Å². The number of oxazole rings is 1. The van der Waals surface area contributed by atoms with E-state index in [2.05, 4.69) is 0 Å². The van der Waals surface area contributed by atoms with Gasteiger partial charge in [0.15, 0.2) is 6.54 Å². The van der Waals surface area contributed by atoms with Crippen LogP contribution in [0.25, 0.3) is 17.2 Å². The third-order valence-corrected chi connectivity index (χ3v) is 12.2. The maximum absolute atomic E-state index is 12.5. The van der Waals surface area contributed by atoms with E-state index in [-0.39, 0.29) is 43.4 Å². The molecule has 0 aliphatic carbocycles. The first kappa shape index (κ1) is 44.1. The van der Waals surface area contributed by atoms with Gasteiger partial charge in [-0.3, -0.25) is 19.2 Å². The number of imide groups is 2. The second kappa shape index (κ2) is 17.9. The minimum Gasteiger partial charge on any atom is -0.744 e. The summed E-state index contributed by atoms with van der Waals surface area (Å²) in [5.41, 5.74) is 6.01. The van der Waals surface area contributed by atoms with Crippen molar-refractivity contribution in [2.75, 3.05) is 4.90 Å². The summed E-state index contributed by atoms with van der Waals surface area (Å²) in [6, 6.07) is 26.4. The van der Waals surface area contributed by atoms with Crippen LogP contribution in [0.2, 0.25) is 0 Å². The van der Waals surface area contributed by atoms with Gasteiger partial charge in [0.05, 0.1) is 23.8 Å². The van der Waals surface area contributed by atoms with E-state index in [9.17, 15) is 41.7 Å². The van der Waals surface area contributed by atoms with Crippen LogP contribution in [0.4, 0.5) is 5.69 Å². The Kier molecular flexibility index (Phi) is 12.2. The number of nitrogens with zero attached hydrogens (tertiary/aromatic N) is 4. The van der Waals surface area contributed by atoms with Gasteiger partial charge in [-0.25, -0.2) is 18.0 Å². The van der Waals surface area contributed by atoms with Crippen LogP contribution in [0.3, 0.4) is 0 Å². The Morgan fingerprint density at radius 3 is 1.83 bits per heavy atom. The van der Waals surface area contributed by atoms with Crippen molar-refractivity contribution in [3.63, 3.8) is 0 Å². The van der Waals surface area contributed by atoms with Crippen molar-refractivity contribution < 1.29 is 60.4 Å². The Labute approximate surface area is 373 Å². The second-order valence-corrected chi connectivity index (χ2v) is 17.6. The van der Waals surface area contributed by atoms with Crippen molar-refractivity contribution in [1.82, 2.24) is 10.1 Å². The number of hydroxylamine groups is 4. The van der Waals surface area contributed by atoms with Crippen molar-refractivity contribution in [2.45, 2.75) is 75.8 Å². The summed E-state index contributed by atoms with van der Waals surface area (Å²) in [7, 11) is -4.73. The number of amides is 4. The molecule has 65 heavy (non-hydrogen) atoms. The molecule has 0 spiro atoms. The lowest BCUT2D eigenvalue weighted by Gasteiger charge is -2.27. The van der Waals surface area contributed by atoms with Crippen molar-refractivity contribution in [1.29, 1.82) is 0 Å². The number of anilines is 1. The lowest BCUT2D eigenvalue weighted by atomic mass is 9.83. The summed E-state index contributed by atoms with van der Waals surface area (Å²) in [4.78, 5) is 84.1. The van der Waals surface area contributed by atoms with Crippen molar-refractivity contribution >= 4 is 68.5 Å². The summed E-state index contributed by atoms with van der Waals surface area (Å²) in [6.07, 6.45) is 9.02. The number of para-hydroxylation sites is 2. The van der Waals surface area contributed by atoms with E-state index in [0.29, 0.717) is 51.4 Å². The first-order chi connectivity index (χ1) is 31.0. The van der Waals surface area contributed by atoms with Gasteiger partial charge in [0.25, 0.3) is 29.1 Å². The van der Waals surface area contributed by atoms with E-state index in [4.69, 9.17) is 14.1 Å². The molecule has 0 radical (unpaired) electrons. The first-order valence-corrected chi connectivity index (χ1v) is 22.1. The SMILES string of the molecule is CC1(C)C(=CC=CC=Cc2oc3ccccc3[n+]2Cc2ccc(CC(=O)ON3C(=O)CCC3=O)cc2)N(Cc2ccc(CC(=O)ON3C(=O)CCC3=O)cc2)c2ccc(S(=O)(=O)[O-])cc21. The molecule has 332 valence electrons. The van der Waals surface area contributed by atoms with E-state index in [1.165, 1.54) is 12.1 Å². The van der Waals surface area contributed by atoms with Gasteiger partial charge in [-0.1, -0.05) is 92.7 Å². The van der Waals surface area contributed by atoms with Crippen LogP contribution in [0.1, 0.15) is 73.2 Å². The maximum atomic E-state index is 12.5. The summed E-state index contributed by atoms with van der Waals surface area (Å²) in [5.74, 6) is -3.09. The van der Waals surface area contributed by atoms with Gasteiger partial charge in [0, 0.05) is 60.7 Å². The smallest absolute Gasteiger partial charge is 0.374 e. The number of carbonyl (C=O) groups is 6. The topological polar surface area (TPSA) is 205 Å². The standard InChI is InChI=1S/C48H42N4O12S/c1-48(2)36-28-35(65(59,60)61)20-21-37(36)49(29-33-16-12-31(13-17-33)26-46(57)63-51-41(53)22-23-42(51)54)40(48)10-4-3-5-11-45-50(38-8-6-7-9-39(38)62-45)30-34-18-14-32(15-19-34)27-47(58)64-52-43(55)24-25-44(52)56/h3-21,28H,22-27,29-30H2,1-2H3. The lowest BCUT2D eigenvalue weighted by Crippen LogP contribution is -2.35. The number of hydrogen-bond donors (Lipinski definition) is 0.